The van der Waals surface area contributed by atoms with Crippen LogP contribution in [0.4, 0.5) is 13.2 Å². The zero-order valence-corrected chi connectivity index (χ0v) is 9.54. The van der Waals surface area contributed by atoms with Crippen LogP contribution in [0.1, 0.15) is 32.0 Å². The van der Waals surface area contributed by atoms with E-state index in [2.05, 4.69) is 10.4 Å². The number of nitrogens with zero attached hydrogens (tertiary/aromatic N) is 2. The number of aromatic nitrogens is 2. The van der Waals surface area contributed by atoms with Gasteiger partial charge in [0, 0.05) is 12.2 Å². The molecule has 1 aromatic heterocycles. The predicted octanol–water partition coefficient (Wildman–Crippen LogP) is 2.46. The number of halogens is 3. The van der Waals surface area contributed by atoms with E-state index in [9.17, 15) is 13.2 Å². The van der Waals surface area contributed by atoms with Crippen LogP contribution in [0.5, 0.6) is 0 Å². The lowest BCUT2D eigenvalue weighted by atomic mass is 10.1. The van der Waals surface area contributed by atoms with Gasteiger partial charge in [-0.25, -0.2) is 0 Å². The fourth-order valence-electron chi connectivity index (χ4n) is 1.69. The molecule has 0 spiro atoms. The molecule has 92 valence electrons. The van der Waals surface area contributed by atoms with Crippen LogP contribution in [-0.2, 0) is 6.18 Å². The first-order chi connectivity index (χ1) is 7.40. The second kappa shape index (κ2) is 4.86. The first-order valence-electron chi connectivity index (χ1n) is 5.19. The average Bonchev–Trinajstić information content (AvgIpc) is 2.67. The quantitative estimate of drug-likeness (QED) is 0.868. The highest BCUT2D eigenvalue weighted by molar-refractivity contribution is 5.04. The van der Waals surface area contributed by atoms with Gasteiger partial charge >= 0.3 is 6.18 Å². The van der Waals surface area contributed by atoms with Crippen molar-refractivity contribution in [1.29, 1.82) is 0 Å². The molecule has 1 heterocycles. The summed E-state index contributed by atoms with van der Waals surface area (Å²) >= 11 is 0. The summed E-state index contributed by atoms with van der Waals surface area (Å²) in [5.74, 6) is 0. The molecule has 1 rings (SSSR count). The minimum absolute atomic E-state index is 0.105. The minimum atomic E-state index is -4.37. The van der Waals surface area contributed by atoms with E-state index >= 15 is 0 Å². The van der Waals surface area contributed by atoms with E-state index in [1.54, 1.807) is 7.05 Å². The maximum atomic E-state index is 12.3. The van der Waals surface area contributed by atoms with Gasteiger partial charge in [-0.2, -0.15) is 18.3 Å². The Morgan fingerprint density at radius 1 is 1.50 bits per heavy atom. The Morgan fingerprint density at radius 3 is 2.50 bits per heavy atom. The van der Waals surface area contributed by atoms with Crippen LogP contribution in [-0.4, -0.2) is 22.9 Å². The summed E-state index contributed by atoms with van der Waals surface area (Å²) in [6.07, 6.45) is -2.17. The van der Waals surface area contributed by atoms with Crippen molar-refractivity contribution in [3.63, 3.8) is 0 Å². The number of alkyl halides is 3. The first kappa shape index (κ1) is 13.0. The molecule has 3 nitrogen and oxygen atoms in total. The van der Waals surface area contributed by atoms with Crippen molar-refractivity contribution in [3.05, 3.63) is 18.0 Å². The average molecular weight is 235 g/mol. The zero-order chi connectivity index (χ0) is 12.3. The van der Waals surface area contributed by atoms with Crippen LogP contribution >= 0.6 is 0 Å². The lowest BCUT2D eigenvalue weighted by Gasteiger charge is -2.22. The Labute approximate surface area is 92.6 Å². The van der Waals surface area contributed by atoms with Crippen molar-refractivity contribution in [1.82, 2.24) is 15.1 Å². The van der Waals surface area contributed by atoms with E-state index in [1.807, 2.05) is 13.8 Å². The van der Waals surface area contributed by atoms with E-state index in [0.29, 0.717) is 0 Å². The number of likely N-dealkylation sites (N-methyl/N-ethyl adjacent to an activating group) is 1. The number of rotatable bonds is 4. The second-order valence-electron chi connectivity index (χ2n) is 3.72. The van der Waals surface area contributed by atoms with Crippen LogP contribution in [0.15, 0.2) is 12.3 Å². The molecule has 0 aliphatic carbocycles. The van der Waals surface area contributed by atoms with Gasteiger partial charge in [0.05, 0.1) is 6.04 Å². The third kappa shape index (κ3) is 2.75. The summed E-state index contributed by atoms with van der Waals surface area (Å²) in [7, 11) is 1.79. The largest absolute Gasteiger partial charge is 0.435 e. The molecule has 0 aliphatic heterocycles. The molecule has 0 saturated carbocycles. The first-order valence-corrected chi connectivity index (χ1v) is 5.19. The smallest absolute Gasteiger partial charge is 0.315 e. The molecule has 0 bridgehead atoms. The second-order valence-corrected chi connectivity index (χ2v) is 3.72. The Morgan fingerprint density at radius 2 is 2.12 bits per heavy atom. The van der Waals surface area contributed by atoms with Gasteiger partial charge < -0.3 is 5.32 Å². The van der Waals surface area contributed by atoms with E-state index in [-0.39, 0.29) is 12.1 Å². The van der Waals surface area contributed by atoms with Crippen molar-refractivity contribution in [2.45, 2.75) is 38.5 Å². The fourth-order valence-corrected chi connectivity index (χ4v) is 1.69. The summed E-state index contributed by atoms with van der Waals surface area (Å²) < 4.78 is 38.4. The molecule has 0 fully saturated rings. The van der Waals surface area contributed by atoms with Crippen LogP contribution in [0, 0.1) is 0 Å². The topological polar surface area (TPSA) is 29.9 Å². The summed E-state index contributed by atoms with van der Waals surface area (Å²) in [6.45, 7) is 3.82. The van der Waals surface area contributed by atoms with Crippen molar-refractivity contribution in [3.8, 4) is 0 Å². The van der Waals surface area contributed by atoms with Crippen molar-refractivity contribution in [2.75, 3.05) is 7.05 Å². The molecule has 16 heavy (non-hydrogen) atoms. The van der Waals surface area contributed by atoms with Gasteiger partial charge in [-0.3, -0.25) is 4.68 Å². The third-order valence-electron chi connectivity index (χ3n) is 2.71. The molecule has 0 amide bonds. The molecule has 2 unspecified atom stereocenters. The lowest BCUT2D eigenvalue weighted by molar-refractivity contribution is -0.141. The number of nitrogens with one attached hydrogen (secondary N) is 1. The predicted molar refractivity (Wildman–Crippen MR) is 55.1 cm³/mol. The summed E-state index contributed by atoms with van der Waals surface area (Å²) in [6, 6.07) is 1.01. The van der Waals surface area contributed by atoms with Crippen molar-refractivity contribution < 1.29 is 13.2 Å². The van der Waals surface area contributed by atoms with Gasteiger partial charge in [0.2, 0.25) is 0 Å². The van der Waals surface area contributed by atoms with Crippen LogP contribution in [0.25, 0.3) is 0 Å². The summed E-state index contributed by atoms with van der Waals surface area (Å²) in [4.78, 5) is 0. The van der Waals surface area contributed by atoms with Gasteiger partial charge in [0.25, 0.3) is 0 Å². The maximum Gasteiger partial charge on any atom is 0.435 e. The van der Waals surface area contributed by atoms with E-state index < -0.39 is 11.9 Å². The molecule has 1 N–H and O–H groups in total. The Bertz CT molecular complexity index is 328. The highest BCUT2D eigenvalue weighted by Gasteiger charge is 2.34. The standard InChI is InChI=1S/C10H16F3N3/c1-4-8(14-3)7(2)16-6-5-9(15-16)10(11,12)13/h5-8,14H,4H2,1-3H3. The number of hydrogen-bond acceptors (Lipinski definition) is 2. The fraction of sp³-hybridized carbons (Fsp3) is 0.700. The SMILES string of the molecule is CCC(NC)C(C)n1ccc(C(F)(F)F)n1. The third-order valence-corrected chi connectivity index (χ3v) is 2.71. The van der Waals surface area contributed by atoms with Gasteiger partial charge in [0.1, 0.15) is 0 Å². The molecule has 2 atom stereocenters. The van der Waals surface area contributed by atoms with E-state index in [4.69, 9.17) is 0 Å². The maximum absolute atomic E-state index is 12.3. The summed E-state index contributed by atoms with van der Waals surface area (Å²) in [5, 5.41) is 6.61. The minimum Gasteiger partial charge on any atom is -0.315 e. The molecule has 0 radical (unpaired) electrons. The zero-order valence-electron chi connectivity index (χ0n) is 9.54. The van der Waals surface area contributed by atoms with E-state index in [0.717, 1.165) is 12.5 Å². The highest BCUT2D eigenvalue weighted by atomic mass is 19.4. The van der Waals surface area contributed by atoms with Crippen LogP contribution in [0.2, 0.25) is 0 Å². The van der Waals surface area contributed by atoms with Gasteiger partial charge in [0.15, 0.2) is 5.69 Å². The van der Waals surface area contributed by atoms with Gasteiger partial charge in [-0.15, -0.1) is 0 Å². The molecular weight excluding hydrogens is 219 g/mol. The summed E-state index contributed by atoms with van der Waals surface area (Å²) in [5.41, 5.74) is -0.842. The molecule has 0 aliphatic rings. The Balaban J connectivity index is 2.85. The Kier molecular flexibility index (Phi) is 3.96. The molecular formula is C10H16F3N3. The monoisotopic (exact) mass is 235 g/mol. The van der Waals surface area contributed by atoms with Crippen molar-refractivity contribution in [2.24, 2.45) is 0 Å². The molecule has 6 heteroatoms. The normalized spacial score (nSPS) is 16.1. The van der Waals surface area contributed by atoms with Crippen LogP contribution < -0.4 is 5.32 Å². The highest BCUT2D eigenvalue weighted by Crippen LogP contribution is 2.28. The van der Waals surface area contributed by atoms with E-state index in [1.165, 1.54) is 10.9 Å². The Hall–Kier alpha value is -1.04. The molecule has 1 aromatic rings. The van der Waals surface area contributed by atoms with Crippen LogP contribution in [0.3, 0.4) is 0 Å². The number of hydrogen-bond donors (Lipinski definition) is 1. The molecule has 0 saturated heterocycles. The molecule has 0 aromatic carbocycles. The lowest BCUT2D eigenvalue weighted by Crippen LogP contribution is -2.33. The van der Waals surface area contributed by atoms with Gasteiger partial charge in [-0.05, 0) is 26.5 Å². The van der Waals surface area contributed by atoms with Gasteiger partial charge in [-0.1, -0.05) is 6.92 Å². The van der Waals surface area contributed by atoms with Crippen molar-refractivity contribution >= 4 is 0 Å².